The fourth-order valence-corrected chi connectivity index (χ4v) is 2.66. The molecule has 1 aromatic carbocycles. The lowest BCUT2D eigenvalue weighted by Gasteiger charge is -2.08. The summed E-state index contributed by atoms with van der Waals surface area (Å²) in [6.45, 7) is 0.217. The lowest BCUT2D eigenvalue weighted by Crippen LogP contribution is -2.11. The van der Waals surface area contributed by atoms with Crippen LogP contribution in [0, 0.1) is 24.0 Å². The Bertz CT molecular complexity index is 900. The van der Waals surface area contributed by atoms with E-state index in [0.717, 1.165) is 4.57 Å². The molecule has 0 fully saturated rings. The van der Waals surface area contributed by atoms with E-state index in [9.17, 15) is 18.9 Å². The van der Waals surface area contributed by atoms with Gasteiger partial charge in [0.2, 0.25) is 0 Å². The Labute approximate surface area is 129 Å². The topological polar surface area (TPSA) is 78.8 Å². The van der Waals surface area contributed by atoms with E-state index < -0.39 is 11.5 Å². The average molecular weight is 321 g/mol. The van der Waals surface area contributed by atoms with Crippen molar-refractivity contribution in [1.29, 1.82) is 0 Å². The summed E-state index contributed by atoms with van der Waals surface area (Å²) in [5, 5.41) is 15.1. The molecule has 0 aliphatic heterocycles. The molecule has 0 saturated carbocycles. The first-order valence-electron chi connectivity index (χ1n) is 6.82. The van der Waals surface area contributed by atoms with Crippen LogP contribution in [0.25, 0.3) is 11.0 Å². The summed E-state index contributed by atoms with van der Waals surface area (Å²) >= 11 is 0. The molecule has 120 valence electrons. The van der Waals surface area contributed by atoms with Crippen LogP contribution in [0.5, 0.6) is 0 Å². The van der Waals surface area contributed by atoms with Crippen LogP contribution in [-0.2, 0) is 6.54 Å². The highest BCUT2D eigenvalue weighted by Gasteiger charge is 2.24. The molecule has 0 N–H and O–H groups in total. The van der Waals surface area contributed by atoms with Gasteiger partial charge in [0, 0.05) is 0 Å². The van der Waals surface area contributed by atoms with Gasteiger partial charge in [-0.05, 0) is 26.0 Å². The molecule has 0 unspecified atom stereocenters. The standard InChI is InChI=1S/C14H13F2N5O2/c1-8-13(21(22)23)9(2)19(18-8)7-12-17-10-5-3-4-6-11(10)20(12)14(15)16/h3-6,14H,7H2,1-2H3. The minimum atomic E-state index is -2.76. The smallest absolute Gasteiger partial charge is 0.269 e. The SMILES string of the molecule is Cc1nn(Cc2nc3ccccc3n2C(F)F)c(C)c1[N+](=O)[O-]. The molecule has 7 nitrogen and oxygen atoms in total. The molecule has 0 aliphatic carbocycles. The van der Waals surface area contributed by atoms with Crippen LogP contribution in [0.3, 0.4) is 0 Å². The van der Waals surface area contributed by atoms with Crippen molar-refractivity contribution in [2.24, 2.45) is 0 Å². The number of nitro groups is 1. The number of para-hydroxylation sites is 2. The van der Waals surface area contributed by atoms with E-state index >= 15 is 0 Å². The van der Waals surface area contributed by atoms with E-state index in [-0.39, 0.29) is 23.8 Å². The number of rotatable bonds is 4. The van der Waals surface area contributed by atoms with Crippen molar-refractivity contribution in [1.82, 2.24) is 19.3 Å². The first kappa shape index (κ1) is 15.1. The first-order chi connectivity index (χ1) is 10.9. The second-order valence-corrected chi connectivity index (χ2v) is 5.10. The fraction of sp³-hybridized carbons (Fsp3) is 0.286. The Hall–Kier alpha value is -2.84. The zero-order chi connectivity index (χ0) is 16.7. The number of alkyl halides is 2. The Balaban J connectivity index is 2.11. The van der Waals surface area contributed by atoms with Gasteiger partial charge in [-0.25, -0.2) is 4.98 Å². The van der Waals surface area contributed by atoms with Gasteiger partial charge in [-0.3, -0.25) is 19.4 Å². The number of hydrogen-bond donors (Lipinski definition) is 0. The lowest BCUT2D eigenvalue weighted by atomic mass is 10.3. The highest BCUT2D eigenvalue weighted by molar-refractivity contribution is 5.76. The van der Waals surface area contributed by atoms with E-state index in [1.165, 1.54) is 18.5 Å². The van der Waals surface area contributed by atoms with Gasteiger partial charge in [-0.15, -0.1) is 0 Å². The van der Waals surface area contributed by atoms with Crippen LogP contribution < -0.4 is 0 Å². The molecule has 0 amide bonds. The molecule has 23 heavy (non-hydrogen) atoms. The summed E-state index contributed by atoms with van der Waals surface area (Å²) in [7, 11) is 0. The van der Waals surface area contributed by atoms with Gasteiger partial charge in [-0.1, -0.05) is 12.1 Å². The summed E-state index contributed by atoms with van der Waals surface area (Å²) in [6, 6.07) is 6.56. The predicted octanol–water partition coefficient (Wildman–Crippen LogP) is 3.20. The highest BCUT2D eigenvalue weighted by Crippen LogP contribution is 2.26. The van der Waals surface area contributed by atoms with Crippen molar-refractivity contribution in [3.63, 3.8) is 0 Å². The van der Waals surface area contributed by atoms with Crippen molar-refractivity contribution < 1.29 is 13.7 Å². The number of fused-ring (bicyclic) bond motifs is 1. The highest BCUT2D eigenvalue weighted by atomic mass is 19.3. The third-order valence-electron chi connectivity index (χ3n) is 3.68. The van der Waals surface area contributed by atoms with Crippen molar-refractivity contribution in [3.05, 3.63) is 51.6 Å². The van der Waals surface area contributed by atoms with Gasteiger partial charge in [0.1, 0.15) is 17.2 Å². The largest absolute Gasteiger partial charge is 0.320 e. The molecule has 3 rings (SSSR count). The number of imidazole rings is 1. The van der Waals surface area contributed by atoms with E-state index in [1.54, 1.807) is 24.3 Å². The number of benzene rings is 1. The number of aryl methyl sites for hydroxylation is 1. The summed E-state index contributed by atoms with van der Waals surface area (Å²) in [5.74, 6) is 0.0988. The number of aromatic nitrogens is 4. The van der Waals surface area contributed by atoms with Crippen LogP contribution in [-0.4, -0.2) is 24.3 Å². The molecular formula is C14H13F2N5O2. The van der Waals surface area contributed by atoms with Crippen LogP contribution >= 0.6 is 0 Å². The third-order valence-corrected chi connectivity index (χ3v) is 3.68. The van der Waals surface area contributed by atoms with E-state index in [4.69, 9.17) is 0 Å². The Kier molecular flexibility index (Phi) is 3.55. The number of halogens is 2. The zero-order valence-electron chi connectivity index (χ0n) is 12.4. The lowest BCUT2D eigenvalue weighted by molar-refractivity contribution is -0.386. The Morgan fingerprint density at radius 2 is 2.00 bits per heavy atom. The third kappa shape index (κ3) is 2.43. The number of nitrogens with zero attached hydrogens (tertiary/aromatic N) is 5. The van der Waals surface area contributed by atoms with Gasteiger partial charge >= 0.3 is 12.2 Å². The summed E-state index contributed by atoms with van der Waals surface area (Å²) < 4.78 is 28.9. The van der Waals surface area contributed by atoms with Crippen molar-refractivity contribution in [3.8, 4) is 0 Å². The zero-order valence-corrected chi connectivity index (χ0v) is 12.4. The quantitative estimate of drug-likeness (QED) is 0.546. The van der Waals surface area contributed by atoms with Crippen LogP contribution in [0.4, 0.5) is 14.5 Å². The molecule has 0 radical (unpaired) electrons. The maximum Gasteiger partial charge on any atom is 0.320 e. The second-order valence-electron chi connectivity index (χ2n) is 5.10. The van der Waals surface area contributed by atoms with Gasteiger partial charge in [0.05, 0.1) is 22.5 Å². The molecule has 0 atom stereocenters. The molecule has 3 aromatic rings. The van der Waals surface area contributed by atoms with E-state index in [2.05, 4.69) is 10.1 Å². The Morgan fingerprint density at radius 3 is 2.61 bits per heavy atom. The summed E-state index contributed by atoms with van der Waals surface area (Å²) in [4.78, 5) is 14.7. The monoisotopic (exact) mass is 321 g/mol. The molecule has 2 heterocycles. The molecule has 0 spiro atoms. The number of hydrogen-bond acceptors (Lipinski definition) is 4. The van der Waals surface area contributed by atoms with Crippen molar-refractivity contribution >= 4 is 16.7 Å². The minimum Gasteiger partial charge on any atom is -0.269 e. The first-order valence-corrected chi connectivity index (χ1v) is 6.82. The van der Waals surface area contributed by atoms with Crippen molar-refractivity contribution in [2.75, 3.05) is 0 Å². The van der Waals surface area contributed by atoms with Crippen LogP contribution in [0.2, 0.25) is 0 Å². The fourth-order valence-electron chi connectivity index (χ4n) is 2.66. The van der Waals surface area contributed by atoms with Crippen molar-refractivity contribution in [2.45, 2.75) is 26.9 Å². The van der Waals surface area contributed by atoms with Crippen LogP contribution in [0.15, 0.2) is 24.3 Å². The minimum absolute atomic E-state index is 0.0699. The maximum atomic E-state index is 13.4. The van der Waals surface area contributed by atoms with Gasteiger partial charge in [0.25, 0.3) is 0 Å². The predicted molar refractivity (Wildman–Crippen MR) is 78.4 cm³/mol. The van der Waals surface area contributed by atoms with E-state index in [1.807, 2.05) is 0 Å². The molecule has 0 aliphatic rings. The van der Waals surface area contributed by atoms with Gasteiger partial charge < -0.3 is 0 Å². The van der Waals surface area contributed by atoms with E-state index in [0.29, 0.717) is 16.7 Å². The van der Waals surface area contributed by atoms with Crippen LogP contribution in [0.1, 0.15) is 23.8 Å². The van der Waals surface area contributed by atoms with Gasteiger partial charge in [0.15, 0.2) is 0 Å². The molecular weight excluding hydrogens is 308 g/mol. The maximum absolute atomic E-state index is 13.4. The summed E-state index contributed by atoms with van der Waals surface area (Å²) in [6.07, 6.45) is 0. The molecule has 0 saturated heterocycles. The average Bonchev–Trinajstić information content (AvgIpc) is 2.96. The molecule has 0 bridgehead atoms. The summed E-state index contributed by atoms with van der Waals surface area (Å²) in [5.41, 5.74) is 1.20. The van der Waals surface area contributed by atoms with Gasteiger partial charge in [-0.2, -0.15) is 13.9 Å². The normalized spacial score (nSPS) is 11.5. The second kappa shape index (κ2) is 5.41. The molecule has 9 heteroatoms. The molecule has 2 aromatic heterocycles. The Morgan fingerprint density at radius 1 is 1.30 bits per heavy atom.